The summed E-state index contributed by atoms with van der Waals surface area (Å²) in [7, 11) is 0. The van der Waals surface area contributed by atoms with Gasteiger partial charge in [0, 0.05) is 28.4 Å². The minimum atomic E-state index is -0.146. The predicted molar refractivity (Wildman–Crippen MR) is 121 cm³/mol. The van der Waals surface area contributed by atoms with Gasteiger partial charge in [0.15, 0.2) is 0 Å². The first-order chi connectivity index (χ1) is 14.6. The van der Waals surface area contributed by atoms with Gasteiger partial charge in [-0.3, -0.25) is 9.59 Å². The van der Waals surface area contributed by atoms with Crippen LogP contribution in [0.25, 0.3) is 0 Å². The Morgan fingerprint density at radius 3 is 2.40 bits per heavy atom. The molecule has 2 amide bonds. The van der Waals surface area contributed by atoms with Crippen molar-refractivity contribution in [2.24, 2.45) is 0 Å². The number of fused-ring (bicyclic) bond motifs is 2. The number of nitrogens with one attached hydrogen (secondary N) is 1. The van der Waals surface area contributed by atoms with Gasteiger partial charge in [0.05, 0.1) is 11.3 Å². The molecule has 0 saturated carbocycles. The van der Waals surface area contributed by atoms with E-state index in [1.807, 2.05) is 61.5 Å². The molecule has 1 heterocycles. The molecule has 0 aromatic heterocycles. The van der Waals surface area contributed by atoms with Crippen molar-refractivity contribution in [2.75, 3.05) is 11.4 Å². The Labute approximate surface area is 181 Å². The minimum absolute atomic E-state index is 0.0343. The van der Waals surface area contributed by atoms with Crippen molar-refractivity contribution < 1.29 is 9.59 Å². The molecular formula is C25H24N2O2S. The summed E-state index contributed by atoms with van der Waals surface area (Å²) >= 11 is 1.57. The molecule has 30 heavy (non-hydrogen) atoms. The number of hydrogen-bond acceptors (Lipinski definition) is 3. The van der Waals surface area contributed by atoms with Gasteiger partial charge in [0.1, 0.15) is 0 Å². The molecule has 0 unspecified atom stereocenters. The lowest BCUT2D eigenvalue weighted by molar-refractivity contribution is 0.0947. The van der Waals surface area contributed by atoms with Crippen molar-refractivity contribution in [1.29, 1.82) is 0 Å². The Hall–Kier alpha value is -3.05. The van der Waals surface area contributed by atoms with Crippen LogP contribution in [0.1, 0.15) is 45.7 Å². The number of carbonyl (C=O) groups excluding carboxylic acids is 2. The van der Waals surface area contributed by atoms with Crippen molar-refractivity contribution >= 4 is 29.3 Å². The van der Waals surface area contributed by atoms with Gasteiger partial charge in [0.2, 0.25) is 0 Å². The number of aryl methyl sites for hydroxylation is 1. The molecule has 0 aliphatic carbocycles. The van der Waals surface area contributed by atoms with E-state index in [9.17, 15) is 9.59 Å². The van der Waals surface area contributed by atoms with Gasteiger partial charge >= 0.3 is 0 Å². The maximum atomic E-state index is 13.1. The van der Waals surface area contributed by atoms with Crippen molar-refractivity contribution in [3.63, 3.8) is 0 Å². The van der Waals surface area contributed by atoms with E-state index >= 15 is 0 Å². The third kappa shape index (κ3) is 3.98. The van der Waals surface area contributed by atoms with Gasteiger partial charge in [0.25, 0.3) is 11.8 Å². The lowest BCUT2D eigenvalue weighted by Crippen LogP contribution is -2.31. The van der Waals surface area contributed by atoms with Crippen LogP contribution < -0.4 is 10.2 Å². The van der Waals surface area contributed by atoms with Gasteiger partial charge in [-0.25, -0.2) is 0 Å². The summed E-state index contributed by atoms with van der Waals surface area (Å²) in [5.41, 5.74) is 4.37. The number of anilines is 1. The van der Waals surface area contributed by atoms with Crippen LogP contribution in [0.15, 0.2) is 76.5 Å². The smallest absolute Gasteiger partial charge is 0.259 e. The van der Waals surface area contributed by atoms with Crippen molar-refractivity contribution in [3.05, 3.63) is 89.0 Å². The van der Waals surface area contributed by atoms with Crippen LogP contribution in [0, 0.1) is 0 Å². The maximum absolute atomic E-state index is 13.1. The van der Waals surface area contributed by atoms with Crippen LogP contribution in [0.3, 0.4) is 0 Å². The highest BCUT2D eigenvalue weighted by Gasteiger charge is 2.26. The second-order valence-electron chi connectivity index (χ2n) is 7.18. The van der Waals surface area contributed by atoms with E-state index in [4.69, 9.17) is 0 Å². The highest BCUT2D eigenvalue weighted by molar-refractivity contribution is 7.99. The molecule has 1 aliphatic heterocycles. The molecule has 0 atom stereocenters. The third-order valence-corrected chi connectivity index (χ3v) is 6.44. The normalized spacial score (nSPS) is 12.7. The SMILES string of the molecule is CCc1ccc(CNC(=O)c2ccc3c(c2)N(CC)C(=O)c2ccccc2S3)cc1. The zero-order valence-corrected chi connectivity index (χ0v) is 18.0. The number of carbonyl (C=O) groups is 2. The monoisotopic (exact) mass is 416 g/mol. The first-order valence-electron chi connectivity index (χ1n) is 10.2. The number of rotatable bonds is 5. The van der Waals surface area contributed by atoms with Gasteiger partial charge < -0.3 is 10.2 Å². The largest absolute Gasteiger partial charge is 0.348 e. The standard InChI is InChI=1S/C25H24N2O2S/c1-3-17-9-11-18(12-10-17)16-26-24(28)19-13-14-23-21(15-19)27(4-2)25(29)20-7-5-6-8-22(20)30-23/h5-15H,3-4,16H2,1-2H3,(H,26,28). The first kappa shape index (κ1) is 20.2. The predicted octanol–water partition coefficient (Wildman–Crippen LogP) is 5.31. The summed E-state index contributed by atoms with van der Waals surface area (Å²) in [6.07, 6.45) is 0.996. The summed E-state index contributed by atoms with van der Waals surface area (Å²) in [5, 5.41) is 2.99. The molecule has 152 valence electrons. The van der Waals surface area contributed by atoms with E-state index in [1.165, 1.54) is 5.56 Å². The molecular weight excluding hydrogens is 392 g/mol. The first-order valence-corrected chi connectivity index (χ1v) is 11.0. The Morgan fingerprint density at radius 2 is 1.67 bits per heavy atom. The number of amides is 2. The molecule has 4 rings (SSSR count). The van der Waals surface area contributed by atoms with E-state index in [1.54, 1.807) is 16.7 Å². The van der Waals surface area contributed by atoms with Crippen LogP contribution in [0.2, 0.25) is 0 Å². The average molecular weight is 417 g/mol. The quantitative estimate of drug-likeness (QED) is 0.613. The summed E-state index contributed by atoms with van der Waals surface area (Å²) in [5.74, 6) is -0.180. The molecule has 0 spiro atoms. The molecule has 1 N–H and O–H groups in total. The molecule has 0 bridgehead atoms. The van der Waals surface area contributed by atoms with E-state index < -0.39 is 0 Å². The van der Waals surface area contributed by atoms with E-state index in [0.717, 1.165) is 27.5 Å². The molecule has 0 radical (unpaired) electrons. The fraction of sp³-hybridized carbons (Fsp3) is 0.200. The number of nitrogens with zero attached hydrogens (tertiary/aromatic N) is 1. The second kappa shape index (κ2) is 8.76. The molecule has 0 fully saturated rings. The number of benzene rings is 3. The molecule has 5 heteroatoms. The van der Waals surface area contributed by atoms with Crippen LogP contribution in [0.4, 0.5) is 5.69 Å². The number of hydrogen-bond donors (Lipinski definition) is 1. The van der Waals surface area contributed by atoms with Crippen LogP contribution >= 0.6 is 11.8 Å². The molecule has 1 aliphatic rings. The van der Waals surface area contributed by atoms with Gasteiger partial charge in [-0.2, -0.15) is 0 Å². The zero-order valence-electron chi connectivity index (χ0n) is 17.1. The average Bonchev–Trinajstić information content (AvgIpc) is 2.91. The second-order valence-corrected chi connectivity index (χ2v) is 8.27. The Kier molecular flexibility index (Phi) is 5.91. The summed E-state index contributed by atoms with van der Waals surface area (Å²) in [6.45, 7) is 5.08. The van der Waals surface area contributed by atoms with E-state index in [-0.39, 0.29) is 11.8 Å². The summed E-state index contributed by atoms with van der Waals surface area (Å²) in [4.78, 5) is 29.5. The van der Waals surface area contributed by atoms with Crippen LogP contribution in [-0.4, -0.2) is 18.4 Å². The van der Waals surface area contributed by atoms with Crippen molar-refractivity contribution in [3.8, 4) is 0 Å². The molecule has 3 aromatic carbocycles. The summed E-state index contributed by atoms with van der Waals surface area (Å²) < 4.78 is 0. The lowest BCUT2D eigenvalue weighted by atomic mass is 10.1. The van der Waals surface area contributed by atoms with Crippen molar-refractivity contribution in [2.45, 2.75) is 36.6 Å². The zero-order chi connectivity index (χ0) is 21.1. The third-order valence-electron chi connectivity index (χ3n) is 5.29. The highest BCUT2D eigenvalue weighted by Crippen LogP contribution is 2.41. The van der Waals surface area contributed by atoms with E-state index in [2.05, 4.69) is 24.4 Å². The lowest BCUT2D eigenvalue weighted by Gasteiger charge is -2.21. The Balaban J connectivity index is 1.57. The van der Waals surface area contributed by atoms with Gasteiger partial charge in [-0.15, -0.1) is 0 Å². The fourth-order valence-electron chi connectivity index (χ4n) is 3.55. The summed E-state index contributed by atoms with van der Waals surface area (Å²) in [6, 6.07) is 21.5. The van der Waals surface area contributed by atoms with Gasteiger partial charge in [-0.1, -0.05) is 55.1 Å². The fourth-order valence-corrected chi connectivity index (χ4v) is 4.61. The molecule has 0 saturated heterocycles. The van der Waals surface area contributed by atoms with Crippen molar-refractivity contribution in [1.82, 2.24) is 5.32 Å². The minimum Gasteiger partial charge on any atom is -0.348 e. The van der Waals surface area contributed by atoms with Crippen LogP contribution in [-0.2, 0) is 13.0 Å². The Morgan fingerprint density at radius 1 is 0.933 bits per heavy atom. The molecule has 4 nitrogen and oxygen atoms in total. The van der Waals surface area contributed by atoms with Gasteiger partial charge in [-0.05, 0) is 54.8 Å². The van der Waals surface area contributed by atoms with E-state index in [0.29, 0.717) is 24.2 Å². The Bertz CT molecular complexity index is 1090. The molecule has 3 aromatic rings. The highest BCUT2D eigenvalue weighted by atomic mass is 32.2. The topological polar surface area (TPSA) is 49.4 Å². The maximum Gasteiger partial charge on any atom is 0.259 e. The van der Waals surface area contributed by atoms with Crippen LogP contribution in [0.5, 0.6) is 0 Å².